The molecule has 110 valence electrons. The van der Waals surface area contributed by atoms with E-state index in [9.17, 15) is 9.59 Å². The lowest BCUT2D eigenvalue weighted by Crippen LogP contribution is -2.43. The number of carbonyl (C=O) groups is 2. The average molecular weight is 277 g/mol. The molecule has 1 aromatic rings. The molecule has 0 saturated carbocycles. The molecule has 0 aliphatic rings. The first-order chi connectivity index (χ1) is 9.19. The molecule has 2 N–H and O–H groups in total. The van der Waals surface area contributed by atoms with Crippen LogP contribution in [0.5, 0.6) is 0 Å². The maximum atomic E-state index is 11.7. The minimum Gasteiger partial charge on any atom is -0.376 e. The molecule has 2 amide bonds. The second-order valence-electron chi connectivity index (χ2n) is 5.78. The summed E-state index contributed by atoms with van der Waals surface area (Å²) in [5, 5.41) is 5.93. The Morgan fingerprint density at radius 1 is 1.15 bits per heavy atom. The van der Waals surface area contributed by atoms with Gasteiger partial charge < -0.3 is 15.5 Å². The molecule has 0 heterocycles. The Morgan fingerprint density at radius 2 is 1.70 bits per heavy atom. The van der Waals surface area contributed by atoms with Crippen LogP contribution in [0.1, 0.15) is 27.7 Å². The average Bonchev–Trinajstić information content (AvgIpc) is 2.34. The van der Waals surface area contributed by atoms with Crippen molar-refractivity contribution in [2.45, 2.75) is 33.2 Å². The Kier molecular flexibility index (Phi) is 5.13. The van der Waals surface area contributed by atoms with Gasteiger partial charge in [0.25, 0.3) is 0 Å². The second kappa shape index (κ2) is 6.41. The molecule has 1 rings (SSSR count). The molecule has 0 atom stereocenters. The van der Waals surface area contributed by atoms with Gasteiger partial charge in [0, 0.05) is 30.9 Å². The molecular formula is C15H23N3O2. The van der Waals surface area contributed by atoms with E-state index in [0.29, 0.717) is 0 Å². The predicted molar refractivity (Wildman–Crippen MR) is 81.9 cm³/mol. The topological polar surface area (TPSA) is 61.4 Å². The van der Waals surface area contributed by atoms with Crippen molar-refractivity contribution in [1.29, 1.82) is 0 Å². The first kappa shape index (κ1) is 16.0. The van der Waals surface area contributed by atoms with E-state index in [1.165, 1.54) is 6.92 Å². The number of amides is 2. The normalized spacial score (nSPS) is 10.8. The van der Waals surface area contributed by atoms with E-state index in [4.69, 9.17) is 0 Å². The maximum absolute atomic E-state index is 11.7. The van der Waals surface area contributed by atoms with Gasteiger partial charge >= 0.3 is 0 Å². The molecule has 0 aromatic heterocycles. The molecule has 0 unspecified atom stereocenters. The molecule has 5 nitrogen and oxygen atoms in total. The molecule has 0 aliphatic heterocycles. The van der Waals surface area contributed by atoms with Crippen LogP contribution in [0.15, 0.2) is 24.3 Å². The minimum atomic E-state index is -0.229. The lowest BCUT2D eigenvalue weighted by Gasteiger charge is -2.21. The van der Waals surface area contributed by atoms with Gasteiger partial charge in [-0.25, -0.2) is 0 Å². The second-order valence-corrected chi connectivity index (χ2v) is 5.78. The van der Waals surface area contributed by atoms with E-state index in [2.05, 4.69) is 10.6 Å². The van der Waals surface area contributed by atoms with Crippen LogP contribution in [0.2, 0.25) is 0 Å². The predicted octanol–water partition coefficient (Wildman–Crippen LogP) is 2.00. The van der Waals surface area contributed by atoms with Crippen molar-refractivity contribution in [3.05, 3.63) is 24.3 Å². The first-order valence-electron chi connectivity index (χ1n) is 6.58. The highest BCUT2D eigenvalue weighted by Gasteiger charge is 2.13. The lowest BCUT2D eigenvalue weighted by atomic mass is 10.1. The van der Waals surface area contributed by atoms with Crippen molar-refractivity contribution >= 4 is 23.2 Å². The maximum Gasteiger partial charge on any atom is 0.239 e. The summed E-state index contributed by atoms with van der Waals surface area (Å²) in [6.45, 7) is 7.56. The van der Waals surface area contributed by atoms with Crippen LogP contribution in [-0.4, -0.2) is 30.9 Å². The van der Waals surface area contributed by atoms with E-state index in [1.54, 1.807) is 11.9 Å². The van der Waals surface area contributed by atoms with E-state index < -0.39 is 0 Å². The summed E-state index contributed by atoms with van der Waals surface area (Å²) >= 11 is 0. The standard InChI is InChI=1S/C15H23N3O2/c1-11(19)18(5)13-8-6-12(7-9-13)16-10-14(20)17-15(2,3)4/h6-9,16H,10H2,1-5H3,(H,17,20). The Balaban J connectivity index is 2.54. The largest absolute Gasteiger partial charge is 0.376 e. The van der Waals surface area contributed by atoms with Crippen molar-refractivity contribution in [3.8, 4) is 0 Å². The van der Waals surface area contributed by atoms with Crippen LogP contribution < -0.4 is 15.5 Å². The summed E-state index contributed by atoms with van der Waals surface area (Å²) in [7, 11) is 1.72. The van der Waals surface area contributed by atoms with Crippen LogP contribution in [0.25, 0.3) is 0 Å². The summed E-state index contributed by atoms with van der Waals surface area (Å²) in [6, 6.07) is 7.37. The van der Waals surface area contributed by atoms with Gasteiger partial charge in [0.05, 0.1) is 6.54 Å². The molecule has 0 spiro atoms. The molecule has 0 aliphatic carbocycles. The molecule has 0 saturated heterocycles. The van der Waals surface area contributed by atoms with Gasteiger partial charge in [-0.2, -0.15) is 0 Å². The summed E-state index contributed by atoms with van der Waals surface area (Å²) in [4.78, 5) is 24.5. The van der Waals surface area contributed by atoms with Gasteiger partial charge in [-0.15, -0.1) is 0 Å². The van der Waals surface area contributed by atoms with Crippen molar-refractivity contribution in [1.82, 2.24) is 5.32 Å². The molecule has 0 bridgehead atoms. The number of benzene rings is 1. The Morgan fingerprint density at radius 3 is 2.15 bits per heavy atom. The quantitative estimate of drug-likeness (QED) is 0.885. The van der Waals surface area contributed by atoms with Crippen molar-refractivity contribution < 1.29 is 9.59 Å². The molecular weight excluding hydrogens is 254 g/mol. The van der Waals surface area contributed by atoms with Crippen molar-refractivity contribution in [3.63, 3.8) is 0 Å². The number of nitrogens with zero attached hydrogens (tertiary/aromatic N) is 1. The number of carbonyl (C=O) groups excluding carboxylic acids is 2. The molecule has 1 aromatic carbocycles. The van der Waals surface area contributed by atoms with E-state index >= 15 is 0 Å². The Bertz CT molecular complexity index is 475. The van der Waals surface area contributed by atoms with Gasteiger partial charge in [0.2, 0.25) is 11.8 Å². The Labute approximate surface area is 120 Å². The summed E-state index contributed by atoms with van der Waals surface area (Å²) in [6.07, 6.45) is 0. The van der Waals surface area contributed by atoms with Crippen LogP contribution >= 0.6 is 0 Å². The summed E-state index contributed by atoms with van der Waals surface area (Å²) in [5.41, 5.74) is 1.43. The number of rotatable bonds is 4. The fourth-order valence-electron chi connectivity index (χ4n) is 1.63. The number of anilines is 2. The number of hydrogen-bond acceptors (Lipinski definition) is 3. The van der Waals surface area contributed by atoms with Crippen LogP contribution in [0.3, 0.4) is 0 Å². The van der Waals surface area contributed by atoms with Gasteiger partial charge in [-0.05, 0) is 45.0 Å². The lowest BCUT2D eigenvalue weighted by molar-refractivity contribution is -0.120. The fourth-order valence-corrected chi connectivity index (χ4v) is 1.63. The molecule has 5 heteroatoms. The fraction of sp³-hybridized carbons (Fsp3) is 0.467. The highest BCUT2D eigenvalue weighted by Crippen LogP contribution is 2.16. The number of nitrogens with one attached hydrogen (secondary N) is 2. The molecule has 20 heavy (non-hydrogen) atoms. The zero-order valence-corrected chi connectivity index (χ0v) is 12.8. The van der Waals surface area contributed by atoms with Crippen LogP contribution in [-0.2, 0) is 9.59 Å². The smallest absolute Gasteiger partial charge is 0.239 e. The van der Waals surface area contributed by atoms with Crippen LogP contribution in [0, 0.1) is 0 Å². The van der Waals surface area contributed by atoms with E-state index in [0.717, 1.165) is 11.4 Å². The minimum absolute atomic E-state index is 0.0183. The molecule has 0 radical (unpaired) electrons. The summed E-state index contributed by atoms with van der Waals surface area (Å²) in [5.74, 6) is -0.0716. The molecule has 0 fully saturated rings. The third-order valence-corrected chi connectivity index (χ3v) is 2.69. The van der Waals surface area contributed by atoms with E-state index in [1.807, 2.05) is 45.0 Å². The third kappa shape index (κ3) is 5.30. The zero-order chi connectivity index (χ0) is 15.3. The monoisotopic (exact) mass is 277 g/mol. The highest BCUT2D eigenvalue weighted by atomic mass is 16.2. The van der Waals surface area contributed by atoms with E-state index in [-0.39, 0.29) is 23.9 Å². The van der Waals surface area contributed by atoms with Crippen molar-refractivity contribution in [2.75, 3.05) is 23.8 Å². The van der Waals surface area contributed by atoms with Gasteiger partial charge in [0.1, 0.15) is 0 Å². The number of hydrogen-bond donors (Lipinski definition) is 2. The highest BCUT2D eigenvalue weighted by molar-refractivity contribution is 5.91. The SMILES string of the molecule is CC(=O)N(C)c1ccc(NCC(=O)NC(C)(C)C)cc1. The first-order valence-corrected chi connectivity index (χ1v) is 6.58. The van der Waals surface area contributed by atoms with Gasteiger partial charge in [-0.3, -0.25) is 9.59 Å². The Hall–Kier alpha value is -2.04. The third-order valence-electron chi connectivity index (χ3n) is 2.69. The van der Waals surface area contributed by atoms with Gasteiger partial charge in [-0.1, -0.05) is 0 Å². The zero-order valence-electron chi connectivity index (χ0n) is 12.8. The summed E-state index contributed by atoms with van der Waals surface area (Å²) < 4.78 is 0. The van der Waals surface area contributed by atoms with Crippen LogP contribution in [0.4, 0.5) is 11.4 Å². The van der Waals surface area contributed by atoms with Gasteiger partial charge in [0.15, 0.2) is 0 Å². The van der Waals surface area contributed by atoms with Crippen molar-refractivity contribution in [2.24, 2.45) is 0 Å².